The Balaban J connectivity index is 3.71. The van der Waals surface area contributed by atoms with Crippen molar-refractivity contribution in [2.45, 2.75) is 6.92 Å². The van der Waals surface area contributed by atoms with Crippen LogP contribution in [0.2, 0.25) is 0 Å². The molecule has 6 heteroatoms. The fourth-order valence-electron chi connectivity index (χ4n) is 0.884. The van der Waals surface area contributed by atoms with Crippen LogP contribution < -0.4 is 0 Å². The minimum absolute atomic E-state index is 0.00466. The van der Waals surface area contributed by atoms with Crippen LogP contribution in [0.4, 0.5) is 0 Å². The lowest BCUT2D eigenvalue weighted by Gasteiger charge is -2.13. The van der Waals surface area contributed by atoms with Gasteiger partial charge in [0.2, 0.25) is 6.29 Å². The second-order valence-electron chi connectivity index (χ2n) is 2.46. The fourth-order valence-corrected chi connectivity index (χ4v) is 1.86. The van der Waals surface area contributed by atoms with E-state index in [9.17, 15) is 4.57 Å². The lowest BCUT2D eigenvalue weighted by Crippen LogP contribution is -2.29. The van der Waals surface area contributed by atoms with Crippen LogP contribution in [0, 0.1) is 0 Å². The zero-order valence-corrected chi connectivity index (χ0v) is 8.74. The second-order valence-corrected chi connectivity index (χ2v) is 3.66. The topological polar surface area (TPSA) is 70.0 Å². The van der Waals surface area contributed by atoms with E-state index < -0.39 is 8.03 Å². The van der Waals surface area contributed by atoms with E-state index in [2.05, 4.69) is 0 Å². The van der Waals surface area contributed by atoms with Crippen LogP contribution in [0.15, 0.2) is 0 Å². The van der Waals surface area contributed by atoms with Crippen molar-refractivity contribution in [2.75, 3.05) is 39.2 Å². The molecule has 0 fully saturated rings. The number of rotatable bonds is 8. The van der Waals surface area contributed by atoms with Crippen molar-refractivity contribution in [3.63, 3.8) is 0 Å². The molecule has 1 atom stereocenters. The van der Waals surface area contributed by atoms with E-state index in [1.807, 2.05) is 0 Å². The maximum Gasteiger partial charge on any atom is 0.524 e. The molecule has 0 aliphatic carbocycles. The first-order valence-electron chi connectivity index (χ1n) is 4.26. The minimum atomic E-state index is -1.69. The van der Waals surface area contributed by atoms with Gasteiger partial charge in [-0.3, -0.25) is 4.90 Å². The quantitative estimate of drug-likeness (QED) is 0.552. The van der Waals surface area contributed by atoms with Crippen LogP contribution in [-0.4, -0.2) is 54.3 Å². The predicted molar refractivity (Wildman–Crippen MR) is 49.8 cm³/mol. The molecule has 0 heterocycles. The summed E-state index contributed by atoms with van der Waals surface area (Å²) in [5.41, 5.74) is 0. The molecule has 0 aromatic heterocycles. The first kappa shape index (κ1) is 12.9. The molecule has 0 aliphatic rings. The third-order valence-electron chi connectivity index (χ3n) is 1.42. The molecule has 2 N–H and O–H groups in total. The molecule has 0 amide bonds. The highest BCUT2D eigenvalue weighted by Gasteiger charge is 2.21. The number of aliphatic hydroxyl groups is 2. The lowest BCUT2D eigenvalue weighted by atomic mass is 10.5. The van der Waals surface area contributed by atoms with Gasteiger partial charge >= 0.3 is 8.03 Å². The van der Waals surface area contributed by atoms with E-state index >= 15 is 0 Å². The Bertz CT molecular complexity index is 138. The Kier molecular flexibility index (Phi) is 8.49. The molecule has 13 heavy (non-hydrogen) atoms. The normalized spacial score (nSPS) is 12.2. The maximum absolute atomic E-state index is 11.1. The molecule has 0 aliphatic heterocycles. The number of nitrogens with zero attached hydrogens (tertiary/aromatic N) is 1. The molecule has 0 bridgehead atoms. The smallest absolute Gasteiger partial charge is 0.395 e. The first-order valence-corrected chi connectivity index (χ1v) is 5.62. The van der Waals surface area contributed by atoms with Gasteiger partial charge in [0.15, 0.2) is 0 Å². The minimum Gasteiger partial charge on any atom is -0.395 e. The molecule has 0 radical (unpaired) electrons. The average Bonchev–Trinajstić information content (AvgIpc) is 2.05. The molecule has 78 valence electrons. The maximum atomic E-state index is 11.1. The van der Waals surface area contributed by atoms with Crippen LogP contribution in [0.3, 0.4) is 0 Å². The first-order chi connectivity index (χ1) is 6.24. The van der Waals surface area contributed by atoms with Crippen LogP contribution in [-0.2, 0) is 9.09 Å². The molecule has 0 aromatic rings. The van der Waals surface area contributed by atoms with E-state index in [0.29, 0.717) is 19.7 Å². The summed E-state index contributed by atoms with van der Waals surface area (Å²) in [5, 5.41) is 17.3. The third kappa shape index (κ3) is 7.05. The van der Waals surface area contributed by atoms with Gasteiger partial charge in [0.1, 0.15) is 0 Å². The van der Waals surface area contributed by atoms with Gasteiger partial charge in [-0.1, -0.05) is 0 Å². The van der Waals surface area contributed by atoms with Crippen molar-refractivity contribution >= 4 is 8.03 Å². The predicted octanol–water partition coefficient (Wildman–Crippen LogP) is 0.00940. The summed E-state index contributed by atoms with van der Waals surface area (Å²) in [7, 11) is -1.69. The summed E-state index contributed by atoms with van der Waals surface area (Å²) < 4.78 is 16.0. The van der Waals surface area contributed by atoms with E-state index in [1.165, 1.54) is 0 Å². The molecular formula is C7H17NO4P+. The van der Waals surface area contributed by atoms with E-state index in [4.69, 9.17) is 14.7 Å². The molecule has 0 saturated carbocycles. The van der Waals surface area contributed by atoms with Crippen molar-refractivity contribution in [3.05, 3.63) is 0 Å². The molecule has 0 saturated heterocycles. The SMILES string of the molecule is CCO[P+](=O)CN(CCO)CCO. The zero-order valence-electron chi connectivity index (χ0n) is 7.85. The third-order valence-corrected chi connectivity index (χ3v) is 2.60. The van der Waals surface area contributed by atoms with Gasteiger partial charge < -0.3 is 10.2 Å². The summed E-state index contributed by atoms with van der Waals surface area (Å²) in [6.07, 6.45) is 0.268. The van der Waals surface area contributed by atoms with Gasteiger partial charge in [0, 0.05) is 13.1 Å². The van der Waals surface area contributed by atoms with Gasteiger partial charge in [0.05, 0.1) is 19.8 Å². The summed E-state index contributed by atoms with van der Waals surface area (Å²) >= 11 is 0. The van der Waals surface area contributed by atoms with Crippen LogP contribution in [0.1, 0.15) is 6.92 Å². The Morgan fingerprint density at radius 2 is 1.85 bits per heavy atom. The molecule has 1 unspecified atom stereocenters. The second kappa shape index (κ2) is 8.53. The van der Waals surface area contributed by atoms with Crippen LogP contribution >= 0.6 is 8.03 Å². The summed E-state index contributed by atoms with van der Waals surface area (Å²) in [5.74, 6) is 0. The standard InChI is InChI=1S/C7H17NO4P/c1-2-12-13(11)7-8(3-5-9)4-6-10/h9-10H,2-7H2,1H3/q+1. The molecule has 0 aromatic carbocycles. The number of hydrogen-bond donors (Lipinski definition) is 2. The van der Waals surface area contributed by atoms with Crippen molar-refractivity contribution < 1.29 is 19.3 Å². The van der Waals surface area contributed by atoms with Gasteiger partial charge in [-0.05, 0) is 11.5 Å². The van der Waals surface area contributed by atoms with Crippen molar-refractivity contribution in [1.82, 2.24) is 4.90 Å². The molecule has 5 nitrogen and oxygen atoms in total. The monoisotopic (exact) mass is 210 g/mol. The number of aliphatic hydroxyl groups excluding tert-OH is 2. The average molecular weight is 210 g/mol. The van der Waals surface area contributed by atoms with Gasteiger partial charge in [-0.25, -0.2) is 0 Å². The zero-order chi connectivity index (χ0) is 10.1. The van der Waals surface area contributed by atoms with E-state index in [0.717, 1.165) is 0 Å². The van der Waals surface area contributed by atoms with Crippen molar-refractivity contribution in [2.24, 2.45) is 0 Å². The van der Waals surface area contributed by atoms with Crippen molar-refractivity contribution in [1.29, 1.82) is 0 Å². The Morgan fingerprint density at radius 1 is 1.31 bits per heavy atom. The van der Waals surface area contributed by atoms with Crippen molar-refractivity contribution in [3.8, 4) is 0 Å². The number of hydrogen-bond acceptors (Lipinski definition) is 5. The Hall–Kier alpha value is -0.0600. The highest BCUT2D eigenvalue weighted by Crippen LogP contribution is 2.22. The highest BCUT2D eigenvalue weighted by atomic mass is 31.1. The summed E-state index contributed by atoms with van der Waals surface area (Å²) in [6, 6.07) is 0. The van der Waals surface area contributed by atoms with E-state index in [1.54, 1.807) is 11.8 Å². The molecular weight excluding hydrogens is 193 g/mol. The fraction of sp³-hybridized carbons (Fsp3) is 1.00. The molecule has 0 rings (SSSR count). The van der Waals surface area contributed by atoms with Gasteiger partial charge in [-0.15, -0.1) is 4.52 Å². The van der Waals surface area contributed by atoms with Gasteiger partial charge in [0.25, 0.3) is 0 Å². The Morgan fingerprint density at radius 3 is 2.23 bits per heavy atom. The summed E-state index contributed by atoms with van der Waals surface area (Å²) in [4.78, 5) is 1.70. The Labute approximate surface area is 79.2 Å². The highest BCUT2D eigenvalue weighted by molar-refractivity contribution is 7.39. The summed E-state index contributed by atoms with van der Waals surface area (Å²) in [6.45, 7) is 3.00. The van der Waals surface area contributed by atoms with Crippen LogP contribution in [0.25, 0.3) is 0 Å². The van der Waals surface area contributed by atoms with E-state index in [-0.39, 0.29) is 19.5 Å². The van der Waals surface area contributed by atoms with Gasteiger partial charge in [-0.2, -0.15) is 0 Å². The van der Waals surface area contributed by atoms with Crippen LogP contribution in [0.5, 0.6) is 0 Å². The lowest BCUT2D eigenvalue weighted by molar-refractivity contribution is 0.174. The largest absolute Gasteiger partial charge is 0.524 e. The molecule has 0 spiro atoms.